The minimum Gasteiger partial charge on any atom is -0.497 e. The van der Waals surface area contributed by atoms with Crippen molar-refractivity contribution in [1.29, 1.82) is 0 Å². The van der Waals surface area contributed by atoms with Gasteiger partial charge in [-0.3, -0.25) is 19.7 Å². The SMILES string of the molecule is COc1ccc(N2C(=O)NC(=O)[C@@](Cc3ccc(OC)cc3OC)(CN3C[C@@H]4C[C@H](C3)c3cccc(=O)n3C4)C2=O)cc1. The van der Waals surface area contributed by atoms with Crippen LogP contribution in [0.4, 0.5) is 10.5 Å². The molecule has 11 heteroatoms. The lowest BCUT2D eigenvalue weighted by Crippen LogP contribution is -2.68. The molecule has 3 aliphatic rings. The maximum absolute atomic E-state index is 14.6. The number of aromatic nitrogens is 1. The highest BCUT2D eigenvalue weighted by molar-refractivity contribution is 6.30. The van der Waals surface area contributed by atoms with Crippen molar-refractivity contribution in [2.24, 2.45) is 11.3 Å². The quantitative estimate of drug-likeness (QED) is 0.401. The van der Waals surface area contributed by atoms with Gasteiger partial charge < -0.3 is 23.7 Å². The predicted molar refractivity (Wildman–Crippen MR) is 158 cm³/mol. The highest BCUT2D eigenvalue weighted by Gasteiger charge is 2.56. The third-order valence-corrected chi connectivity index (χ3v) is 8.84. The summed E-state index contributed by atoms with van der Waals surface area (Å²) in [7, 11) is 4.60. The first-order valence-electron chi connectivity index (χ1n) is 14.2. The van der Waals surface area contributed by atoms with Crippen LogP contribution in [0.2, 0.25) is 0 Å². The molecule has 1 aromatic heterocycles. The van der Waals surface area contributed by atoms with Crippen molar-refractivity contribution >= 4 is 23.5 Å². The number of piperidine rings is 1. The number of pyridine rings is 1. The van der Waals surface area contributed by atoms with E-state index in [2.05, 4.69) is 10.2 Å². The maximum atomic E-state index is 14.6. The highest BCUT2D eigenvalue weighted by Crippen LogP contribution is 2.40. The lowest BCUT2D eigenvalue weighted by atomic mass is 9.75. The Morgan fingerprint density at radius 1 is 0.860 bits per heavy atom. The molecule has 2 fully saturated rings. The molecule has 2 saturated heterocycles. The van der Waals surface area contributed by atoms with E-state index in [1.54, 1.807) is 61.7 Å². The van der Waals surface area contributed by atoms with Crippen LogP contribution in [0.1, 0.15) is 23.6 Å². The predicted octanol–water partition coefficient (Wildman–Crippen LogP) is 2.81. The van der Waals surface area contributed by atoms with Gasteiger partial charge in [0.2, 0.25) is 5.91 Å². The average molecular weight is 587 g/mol. The van der Waals surface area contributed by atoms with Crippen LogP contribution in [0.15, 0.2) is 65.5 Å². The molecule has 6 rings (SSSR count). The van der Waals surface area contributed by atoms with E-state index >= 15 is 0 Å². The fourth-order valence-corrected chi connectivity index (χ4v) is 6.82. The van der Waals surface area contributed by atoms with E-state index in [1.807, 2.05) is 10.6 Å². The average Bonchev–Trinajstić information content (AvgIpc) is 3.01. The third-order valence-electron chi connectivity index (χ3n) is 8.84. The summed E-state index contributed by atoms with van der Waals surface area (Å²) in [6, 6.07) is 16.3. The third kappa shape index (κ3) is 5.03. The van der Waals surface area contributed by atoms with Crippen molar-refractivity contribution in [1.82, 2.24) is 14.8 Å². The number of anilines is 1. The van der Waals surface area contributed by atoms with E-state index in [9.17, 15) is 19.2 Å². The van der Waals surface area contributed by atoms with Crippen molar-refractivity contribution in [3.05, 3.63) is 82.3 Å². The summed E-state index contributed by atoms with van der Waals surface area (Å²) in [6.07, 6.45) is 0.919. The van der Waals surface area contributed by atoms with Crippen molar-refractivity contribution in [2.75, 3.05) is 45.9 Å². The van der Waals surface area contributed by atoms with Gasteiger partial charge in [0.05, 0.1) is 27.0 Å². The lowest BCUT2D eigenvalue weighted by molar-refractivity contribution is -0.144. The van der Waals surface area contributed by atoms with Gasteiger partial charge in [0, 0.05) is 56.3 Å². The number of carbonyl (C=O) groups is 3. The Morgan fingerprint density at radius 2 is 1.60 bits per heavy atom. The minimum atomic E-state index is -1.66. The first kappa shape index (κ1) is 28.5. The van der Waals surface area contributed by atoms with E-state index in [-0.39, 0.29) is 30.4 Å². The fourth-order valence-electron chi connectivity index (χ4n) is 6.82. The minimum absolute atomic E-state index is 0.00729. The Hall–Kier alpha value is -4.64. The Morgan fingerprint density at radius 3 is 2.33 bits per heavy atom. The number of amides is 4. The van der Waals surface area contributed by atoms with E-state index in [0.717, 1.165) is 17.0 Å². The number of ether oxygens (including phenoxy) is 3. The number of fused-ring (bicyclic) bond motifs is 4. The molecule has 1 N–H and O–H groups in total. The first-order chi connectivity index (χ1) is 20.8. The van der Waals surface area contributed by atoms with Gasteiger partial charge in [0.15, 0.2) is 0 Å². The topological polar surface area (TPSA) is 119 Å². The standard InChI is InChI=1S/C32H34N4O7/c1-41-24-11-8-23(9-12-24)36-30(39)32(29(38)33-31(36)40,15-21-7-10-25(42-2)14-27(21)43-3)19-34-16-20-13-22(18-34)26-5-4-6-28(37)35(26)17-20/h4-12,14,20,22H,13,15-19H2,1-3H3,(H,33,38,40)/t20-,22+,32+/m0/s1. The zero-order chi connectivity index (χ0) is 30.3. The zero-order valence-corrected chi connectivity index (χ0v) is 24.4. The van der Waals surface area contributed by atoms with E-state index in [4.69, 9.17) is 14.2 Å². The number of likely N-dealkylation sites (tertiary alicyclic amines) is 1. The molecule has 224 valence electrons. The molecule has 2 bridgehead atoms. The zero-order valence-electron chi connectivity index (χ0n) is 24.4. The smallest absolute Gasteiger partial charge is 0.335 e. The van der Waals surface area contributed by atoms with Gasteiger partial charge in [-0.15, -0.1) is 0 Å². The molecule has 0 spiro atoms. The van der Waals surface area contributed by atoms with Crippen molar-refractivity contribution in [2.45, 2.75) is 25.3 Å². The van der Waals surface area contributed by atoms with Crippen molar-refractivity contribution < 1.29 is 28.6 Å². The fraction of sp³-hybridized carbons (Fsp3) is 0.375. The molecule has 43 heavy (non-hydrogen) atoms. The monoisotopic (exact) mass is 586 g/mol. The molecule has 3 aromatic rings. The second-order valence-corrected chi connectivity index (χ2v) is 11.4. The van der Waals surface area contributed by atoms with E-state index in [0.29, 0.717) is 48.1 Å². The summed E-state index contributed by atoms with van der Waals surface area (Å²) in [5.74, 6) is 0.597. The van der Waals surface area contributed by atoms with Crippen LogP contribution < -0.4 is 30.0 Å². The first-order valence-corrected chi connectivity index (χ1v) is 14.2. The van der Waals surface area contributed by atoms with Crippen LogP contribution in [-0.2, 0) is 22.6 Å². The second-order valence-electron chi connectivity index (χ2n) is 11.4. The van der Waals surface area contributed by atoms with E-state index < -0.39 is 23.3 Å². The Labute approximate surface area is 248 Å². The number of methoxy groups -OCH3 is 3. The molecule has 4 amide bonds. The summed E-state index contributed by atoms with van der Waals surface area (Å²) in [6.45, 7) is 1.84. The lowest BCUT2D eigenvalue weighted by Gasteiger charge is -2.47. The molecular formula is C32H34N4O7. The molecule has 2 aromatic carbocycles. The number of imide groups is 2. The van der Waals surface area contributed by atoms with Gasteiger partial charge in [0.1, 0.15) is 22.7 Å². The van der Waals surface area contributed by atoms with Crippen LogP contribution in [-0.4, -0.2) is 68.3 Å². The summed E-state index contributed by atoms with van der Waals surface area (Å²) >= 11 is 0. The van der Waals surface area contributed by atoms with Gasteiger partial charge >= 0.3 is 6.03 Å². The number of benzene rings is 2. The van der Waals surface area contributed by atoms with Crippen LogP contribution in [0, 0.1) is 11.3 Å². The van der Waals surface area contributed by atoms with Gasteiger partial charge in [-0.1, -0.05) is 12.1 Å². The summed E-state index contributed by atoms with van der Waals surface area (Å²) < 4.78 is 18.1. The second kappa shape index (κ2) is 11.2. The number of rotatable bonds is 8. The Kier molecular flexibility index (Phi) is 7.43. The van der Waals surface area contributed by atoms with Gasteiger partial charge in [-0.2, -0.15) is 0 Å². The summed E-state index contributed by atoms with van der Waals surface area (Å²) in [5, 5.41) is 2.48. The molecule has 0 aliphatic carbocycles. The largest absolute Gasteiger partial charge is 0.497 e. The molecule has 0 radical (unpaired) electrons. The number of hydrogen-bond donors (Lipinski definition) is 1. The number of urea groups is 1. The Balaban J connectivity index is 1.40. The molecule has 3 aliphatic heterocycles. The van der Waals surface area contributed by atoms with Crippen LogP contribution >= 0.6 is 0 Å². The van der Waals surface area contributed by atoms with Crippen LogP contribution in [0.5, 0.6) is 17.2 Å². The van der Waals surface area contributed by atoms with Crippen LogP contribution in [0.3, 0.4) is 0 Å². The van der Waals surface area contributed by atoms with E-state index in [1.165, 1.54) is 14.2 Å². The normalized spacial score (nSPS) is 23.4. The molecule has 0 saturated carbocycles. The highest BCUT2D eigenvalue weighted by atomic mass is 16.5. The number of nitrogens with one attached hydrogen (secondary N) is 1. The van der Waals surface area contributed by atoms with Crippen LogP contribution in [0.25, 0.3) is 0 Å². The Bertz CT molecular complexity index is 1640. The molecule has 3 atom stereocenters. The molecular weight excluding hydrogens is 552 g/mol. The van der Waals surface area contributed by atoms with Crippen molar-refractivity contribution in [3.63, 3.8) is 0 Å². The summed E-state index contributed by atoms with van der Waals surface area (Å²) in [4.78, 5) is 57.5. The van der Waals surface area contributed by atoms with Gasteiger partial charge in [0.25, 0.3) is 11.5 Å². The summed E-state index contributed by atoms with van der Waals surface area (Å²) in [5.41, 5.74) is 0.251. The van der Waals surface area contributed by atoms with Crippen molar-refractivity contribution in [3.8, 4) is 17.2 Å². The van der Waals surface area contributed by atoms with Gasteiger partial charge in [-0.25, -0.2) is 9.69 Å². The molecule has 11 nitrogen and oxygen atoms in total. The number of nitrogens with zero attached hydrogens (tertiary/aromatic N) is 3. The number of hydrogen-bond acceptors (Lipinski definition) is 8. The number of carbonyl (C=O) groups excluding carboxylic acids is 3. The maximum Gasteiger partial charge on any atom is 0.335 e. The molecule has 0 unspecified atom stereocenters. The number of barbiturate groups is 1. The van der Waals surface area contributed by atoms with Gasteiger partial charge in [-0.05, 0) is 54.3 Å². The molecule has 4 heterocycles.